The van der Waals surface area contributed by atoms with Crippen LogP contribution in [0.1, 0.15) is 12.0 Å². The van der Waals surface area contributed by atoms with Gasteiger partial charge in [0.05, 0.1) is 5.69 Å². The first kappa shape index (κ1) is 13.0. The summed E-state index contributed by atoms with van der Waals surface area (Å²) in [6, 6.07) is 4.67. The fraction of sp³-hybridized carbons (Fsp3) is 0.417. The molecule has 0 saturated carbocycles. The van der Waals surface area contributed by atoms with Crippen LogP contribution in [0.4, 0.5) is 10.1 Å². The fourth-order valence-electron chi connectivity index (χ4n) is 1.97. The number of hydrogen-bond acceptors (Lipinski definition) is 4. The van der Waals surface area contributed by atoms with Crippen molar-refractivity contribution in [3.8, 4) is 0 Å². The van der Waals surface area contributed by atoms with Crippen molar-refractivity contribution in [1.29, 1.82) is 0 Å². The molecule has 1 aliphatic rings. The molecular formula is C12H16FN3OS. The Balaban J connectivity index is 2.23. The molecule has 0 aromatic heterocycles. The lowest BCUT2D eigenvalue weighted by molar-refractivity contribution is 0.318. The molecule has 4 nitrogen and oxygen atoms in total. The molecule has 1 aromatic carbocycles. The third kappa shape index (κ3) is 2.87. The molecule has 6 heteroatoms. The van der Waals surface area contributed by atoms with Crippen LogP contribution in [0.15, 0.2) is 23.4 Å². The van der Waals surface area contributed by atoms with Gasteiger partial charge < -0.3 is 15.8 Å². The van der Waals surface area contributed by atoms with Crippen LogP contribution in [-0.2, 0) is 0 Å². The van der Waals surface area contributed by atoms with E-state index in [1.807, 2.05) is 16.7 Å². The van der Waals surface area contributed by atoms with Crippen molar-refractivity contribution >= 4 is 23.3 Å². The van der Waals surface area contributed by atoms with E-state index in [9.17, 15) is 4.39 Å². The van der Waals surface area contributed by atoms with E-state index in [2.05, 4.69) is 5.16 Å². The van der Waals surface area contributed by atoms with Gasteiger partial charge in [-0.1, -0.05) is 5.16 Å². The first-order valence-electron chi connectivity index (χ1n) is 5.82. The molecule has 2 rings (SSSR count). The van der Waals surface area contributed by atoms with Gasteiger partial charge in [0.15, 0.2) is 5.84 Å². The summed E-state index contributed by atoms with van der Waals surface area (Å²) >= 11 is 1.90. The number of thioether (sulfide) groups is 1. The molecule has 1 fully saturated rings. The molecule has 0 radical (unpaired) electrons. The van der Waals surface area contributed by atoms with E-state index in [-0.39, 0.29) is 11.7 Å². The third-order valence-electron chi connectivity index (χ3n) is 2.91. The van der Waals surface area contributed by atoms with Gasteiger partial charge in [-0.05, 0) is 30.4 Å². The van der Waals surface area contributed by atoms with Gasteiger partial charge in [0, 0.05) is 24.4 Å². The lowest BCUT2D eigenvalue weighted by Crippen LogP contribution is -2.26. The van der Waals surface area contributed by atoms with Gasteiger partial charge in [-0.25, -0.2) is 4.39 Å². The molecule has 98 valence electrons. The molecule has 1 saturated heterocycles. The molecule has 1 aromatic rings. The van der Waals surface area contributed by atoms with Crippen LogP contribution in [0, 0.1) is 5.82 Å². The average molecular weight is 269 g/mol. The minimum Gasteiger partial charge on any atom is -0.409 e. The van der Waals surface area contributed by atoms with Gasteiger partial charge in [0.2, 0.25) is 0 Å². The van der Waals surface area contributed by atoms with Crippen LogP contribution in [-0.4, -0.2) is 35.6 Å². The number of halogens is 1. The molecule has 0 spiro atoms. The van der Waals surface area contributed by atoms with Gasteiger partial charge in [0.25, 0.3) is 0 Å². The van der Waals surface area contributed by atoms with Crippen molar-refractivity contribution in [2.75, 3.05) is 29.5 Å². The highest BCUT2D eigenvalue weighted by Gasteiger charge is 2.15. The number of rotatable bonds is 2. The maximum Gasteiger partial charge on any atom is 0.170 e. The summed E-state index contributed by atoms with van der Waals surface area (Å²) in [7, 11) is 0. The molecule has 0 atom stereocenters. The SMILES string of the molecule is N/C(=N/O)c1ccc(N2CCCSCC2)c(F)c1. The second-order valence-electron chi connectivity index (χ2n) is 4.10. The standard InChI is InChI=1S/C12H16FN3OS/c13-10-8-9(12(14)15-17)2-3-11(10)16-4-1-6-18-7-5-16/h2-3,8,17H,1,4-7H2,(H2,14,15). The van der Waals surface area contributed by atoms with Crippen molar-refractivity contribution in [3.63, 3.8) is 0 Å². The Hall–Kier alpha value is -1.43. The van der Waals surface area contributed by atoms with Crippen LogP contribution >= 0.6 is 11.8 Å². The van der Waals surface area contributed by atoms with Gasteiger partial charge >= 0.3 is 0 Å². The molecule has 0 unspecified atom stereocenters. The fourth-order valence-corrected chi connectivity index (χ4v) is 2.85. The zero-order valence-electron chi connectivity index (χ0n) is 9.97. The second-order valence-corrected chi connectivity index (χ2v) is 5.33. The monoisotopic (exact) mass is 269 g/mol. The van der Waals surface area contributed by atoms with Crippen LogP contribution in [0.25, 0.3) is 0 Å². The van der Waals surface area contributed by atoms with Crippen LogP contribution in [0.2, 0.25) is 0 Å². The summed E-state index contributed by atoms with van der Waals surface area (Å²) in [5, 5.41) is 11.4. The predicted molar refractivity (Wildman–Crippen MR) is 73.1 cm³/mol. The van der Waals surface area contributed by atoms with E-state index < -0.39 is 0 Å². The van der Waals surface area contributed by atoms with Crippen LogP contribution in [0.5, 0.6) is 0 Å². The number of nitrogens with two attached hydrogens (primary N) is 1. The molecule has 0 amide bonds. The quantitative estimate of drug-likeness (QED) is 0.372. The van der Waals surface area contributed by atoms with Crippen LogP contribution < -0.4 is 10.6 Å². The minimum atomic E-state index is -0.328. The molecule has 1 heterocycles. The Morgan fingerprint density at radius 2 is 2.22 bits per heavy atom. The first-order valence-corrected chi connectivity index (χ1v) is 6.98. The van der Waals surface area contributed by atoms with Crippen LogP contribution in [0.3, 0.4) is 0 Å². The normalized spacial score (nSPS) is 17.6. The first-order chi connectivity index (χ1) is 8.72. The van der Waals surface area contributed by atoms with E-state index in [1.165, 1.54) is 6.07 Å². The number of anilines is 1. The maximum absolute atomic E-state index is 14.0. The van der Waals surface area contributed by atoms with Crippen molar-refractivity contribution in [2.24, 2.45) is 10.9 Å². The van der Waals surface area contributed by atoms with Crippen molar-refractivity contribution in [2.45, 2.75) is 6.42 Å². The lowest BCUT2D eigenvalue weighted by atomic mass is 10.1. The summed E-state index contributed by atoms with van der Waals surface area (Å²) < 4.78 is 14.0. The highest BCUT2D eigenvalue weighted by molar-refractivity contribution is 7.99. The highest BCUT2D eigenvalue weighted by Crippen LogP contribution is 2.23. The Morgan fingerprint density at radius 3 is 2.94 bits per heavy atom. The lowest BCUT2D eigenvalue weighted by Gasteiger charge is -2.23. The Morgan fingerprint density at radius 1 is 1.39 bits per heavy atom. The smallest absolute Gasteiger partial charge is 0.170 e. The van der Waals surface area contributed by atoms with E-state index >= 15 is 0 Å². The minimum absolute atomic E-state index is 0.0770. The summed E-state index contributed by atoms with van der Waals surface area (Å²) in [4.78, 5) is 2.05. The van der Waals surface area contributed by atoms with Gasteiger partial charge in [-0.3, -0.25) is 0 Å². The summed E-state index contributed by atoms with van der Waals surface area (Å²) in [6.45, 7) is 1.72. The number of amidine groups is 1. The predicted octanol–water partition coefficient (Wildman–Crippen LogP) is 1.86. The Bertz CT molecular complexity index is 445. The van der Waals surface area contributed by atoms with Gasteiger partial charge in [-0.2, -0.15) is 11.8 Å². The average Bonchev–Trinajstić information content (AvgIpc) is 2.66. The molecule has 0 aliphatic carbocycles. The zero-order valence-corrected chi connectivity index (χ0v) is 10.8. The third-order valence-corrected chi connectivity index (χ3v) is 3.96. The maximum atomic E-state index is 14.0. The summed E-state index contributed by atoms with van der Waals surface area (Å²) in [5.74, 6) is 1.74. The second kappa shape index (κ2) is 5.95. The molecule has 0 bridgehead atoms. The molecule has 3 N–H and O–H groups in total. The van der Waals surface area contributed by atoms with E-state index in [0.717, 1.165) is 31.0 Å². The largest absolute Gasteiger partial charge is 0.409 e. The Labute approximate surface area is 110 Å². The Kier molecular flexibility index (Phi) is 4.30. The molecular weight excluding hydrogens is 253 g/mol. The number of hydrogen-bond donors (Lipinski definition) is 2. The highest BCUT2D eigenvalue weighted by atomic mass is 32.2. The van der Waals surface area contributed by atoms with Crippen molar-refractivity contribution in [3.05, 3.63) is 29.6 Å². The number of nitrogens with zero attached hydrogens (tertiary/aromatic N) is 2. The number of oxime groups is 1. The topological polar surface area (TPSA) is 61.9 Å². The molecule has 18 heavy (non-hydrogen) atoms. The summed E-state index contributed by atoms with van der Waals surface area (Å²) in [6.07, 6.45) is 1.06. The summed E-state index contributed by atoms with van der Waals surface area (Å²) in [5.41, 5.74) is 6.41. The van der Waals surface area contributed by atoms with E-state index in [4.69, 9.17) is 10.9 Å². The van der Waals surface area contributed by atoms with Gasteiger partial charge in [-0.15, -0.1) is 0 Å². The van der Waals surface area contributed by atoms with Crippen molar-refractivity contribution < 1.29 is 9.60 Å². The number of benzene rings is 1. The van der Waals surface area contributed by atoms with E-state index in [1.54, 1.807) is 12.1 Å². The van der Waals surface area contributed by atoms with E-state index in [0.29, 0.717) is 11.3 Å². The van der Waals surface area contributed by atoms with Gasteiger partial charge in [0.1, 0.15) is 5.82 Å². The molecule has 1 aliphatic heterocycles. The zero-order chi connectivity index (χ0) is 13.0. The van der Waals surface area contributed by atoms with Crippen molar-refractivity contribution in [1.82, 2.24) is 0 Å².